The Balaban J connectivity index is 1.46. The molecular formula is C15H18N8O4S. The third-order valence-corrected chi connectivity index (χ3v) is 5.09. The molecule has 1 fully saturated rings. The summed E-state index contributed by atoms with van der Waals surface area (Å²) in [6, 6.07) is -0.770. The van der Waals surface area contributed by atoms with E-state index in [0.29, 0.717) is 11.2 Å². The second-order valence-electron chi connectivity index (χ2n) is 6.34. The number of aliphatic hydroxyl groups excluding tert-OH is 2. The van der Waals surface area contributed by atoms with Crippen LogP contribution in [0.4, 0.5) is 11.8 Å². The van der Waals surface area contributed by atoms with Crippen molar-refractivity contribution in [1.82, 2.24) is 29.8 Å². The molecular weight excluding hydrogens is 388 g/mol. The number of imidazole rings is 1. The predicted molar refractivity (Wildman–Crippen MR) is 99.3 cm³/mol. The second-order valence-corrected chi connectivity index (χ2v) is 7.06. The molecule has 0 bridgehead atoms. The van der Waals surface area contributed by atoms with Crippen LogP contribution in [-0.4, -0.2) is 71.6 Å². The van der Waals surface area contributed by atoms with Gasteiger partial charge in [-0.15, -0.1) is 11.3 Å². The first-order valence-corrected chi connectivity index (χ1v) is 9.29. The number of hydrogen-bond acceptors (Lipinski definition) is 11. The average Bonchev–Trinajstić information content (AvgIpc) is 3.31. The van der Waals surface area contributed by atoms with Crippen molar-refractivity contribution < 1.29 is 19.7 Å². The number of rotatable bonds is 4. The fraction of sp³-hybridized carbons (Fsp3) is 0.400. The number of ether oxygens (including phenoxy) is 1. The molecule has 3 aromatic heterocycles. The number of carbonyl (C=O) groups excluding carboxylic acids is 1. The van der Waals surface area contributed by atoms with Crippen LogP contribution in [0, 0.1) is 0 Å². The van der Waals surface area contributed by atoms with Gasteiger partial charge in [-0.1, -0.05) is 0 Å². The molecule has 0 saturated carbocycles. The molecule has 148 valence electrons. The highest BCUT2D eigenvalue weighted by Gasteiger charge is 2.39. The van der Waals surface area contributed by atoms with Crippen molar-refractivity contribution in [2.45, 2.75) is 30.9 Å². The van der Waals surface area contributed by atoms with Crippen molar-refractivity contribution in [3.63, 3.8) is 0 Å². The summed E-state index contributed by atoms with van der Waals surface area (Å²) in [5.74, 6) is -0.278. The summed E-state index contributed by atoms with van der Waals surface area (Å²) < 4.78 is 7.30. The molecule has 0 unspecified atom stereocenters. The topological polar surface area (TPSA) is 187 Å². The number of thiazole rings is 1. The molecule has 4 rings (SSSR count). The summed E-state index contributed by atoms with van der Waals surface area (Å²) in [6.45, 7) is 0.170. The lowest BCUT2D eigenvalue weighted by Crippen LogP contribution is -2.60. The van der Waals surface area contributed by atoms with Crippen molar-refractivity contribution >= 4 is 40.2 Å². The smallest absolute Gasteiger partial charge is 0.271 e. The lowest BCUT2D eigenvalue weighted by Gasteiger charge is -2.38. The van der Waals surface area contributed by atoms with Gasteiger partial charge < -0.3 is 36.3 Å². The van der Waals surface area contributed by atoms with Crippen LogP contribution in [0.2, 0.25) is 0 Å². The Morgan fingerprint density at radius 1 is 1.32 bits per heavy atom. The summed E-state index contributed by atoms with van der Waals surface area (Å²) in [4.78, 5) is 28.1. The second kappa shape index (κ2) is 7.27. The number of carbonyl (C=O) groups is 1. The number of amides is 1. The van der Waals surface area contributed by atoms with E-state index in [4.69, 9.17) is 16.2 Å². The largest absolute Gasteiger partial charge is 0.388 e. The van der Waals surface area contributed by atoms with E-state index in [1.807, 2.05) is 0 Å². The maximum atomic E-state index is 12.1. The van der Waals surface area contributed by atoms with E-state index in [1.54, 1.807) is 9.95 Å². The number of fused-ring (bicyclic) bond motifs is 1. The van der Waals surface area contributed by atoms with E-state index < -0.39 is 30.3 Å². The van der Waals surface area contributed by atoms with E-state index >= 15 is 0 Å². The minimum Gasteiger partial charge on any atom is -0.388 e. The third kappa shape index (κ3) is 3.35. The lowest BCUT2D eigenvalue weighted by molar-refractivity contribution is -0.152. The minimum absolute atomic E-state index is 0.0123. The number of nitrogens with two attached hydrogens (primary N) is 2. The maximum Gasteiger partial charge on any atom is 0.271 e. The van der Waals surface area contributed by atoms with Crippen molar-refractivity contribution in [3.8, 4) is 0 Å². The fourth-order valence-corrected chi connectivity index (χ4v) is 3.63. The monoisotopic (exact) mass is 406 g/mol. The summed E-state index contributed by atoms with van der Waals surface area (Å²) in [5.41, 5.74) is 14.0. The molecule has 4 heterocycles. The molecule has 1 saturated heterocycles. The highest BCUT2D eigenvalue weighted by atomic mass is 32.1. The van der Waals surface area contributed by atoms with E-state index in [2.05, 4.69) is 25.3 Å². The van der Waals surface area contributed by atoms with Gasteiger partial charge in [-0.2, -0.15) is 9.97 Å². The number of nitrogens with zero attached hydrogens (tertiary/aromatic N) is 5. The van der Waals surface area contributed by atoms with Crippen LogP contribution in [0.1, 0.15) is 10.5 Å². The van der Waals surface area contributed by atoms with Gasteiger partial charge in [0.05, 0.1) is 31.0 Å². The first-order valence-electron chi connectivity index (χ1n) is 8.34. The van der Waals surface area contributed by atoms with Gasteiger partial charge in [0.2, 0.25) is 5.95 Å². The lowest BCUT2D eigenvalue weighted by atomic mass is 9.97. The molecule has 7 N–H and O–H groups in total. The molecule has 3 aromatic rings. The minimum atomic E-state index is -1.25. The number of nitrogens with one attached hydrogen (secondary N) is 1. The zero-order valence-electron chi connectivity index (χ0n) is 14.5. The standard InChI is InChI=1S/C15H18N8O4S/c16-12-9-13(22-15(17)21-12)18-4-23(9)1-8-11(25)10(24)6(2-27-8)20-14(26)7-3-28-5-19-7/h3-6,8,10-11,24-25H,1-2H2,(H,20,26)(H4,16,17,21,22)/t6-,8-,10+,11-/m1/s1. The number of anilines is 2. The quantitative estimate of drug-likeness (QED) is 0.336. The van der Waals surface area contributed by atoms with Gasteiger partial charge in [0, 0.05) is 5.38 Å². The maximum absolute atomic E-state index is 12.1. The van der Waals surface area contributed by atoms with Crippen molar-refractivity contribution in [2.75, 3.05) is 18.1 Å². The van der Waals surface area contributed by atoms with E-state index in [9.17, 15) is 15.0 Å². The Hall–Kier alpha value is -2.87. The van der Waals surface area contributed by atoms with Crippen LogP contribution >= 0.6 is 11.3 Å². The molecule has 28 heavy (non-hydrogen) atoms. The number of aromatic nitrogens is 5. The highest BCUT2D eigenvalue weighted by Crippen LogP contribution is 2.22. The normalized spacial score (nSPS) is 25.1. The van der Waals surface area contributed by atoms with Gasteiger partial charge in [-0.05, 0) is 0 Å². The molecule has 0 aromatic carbocycles. The van der Waals surface area contributed by atoms with E-state index in [-0.39, 0.29) is 30.6 Å². The summed E-state index contributed by atoms with van der Waals surface area (Å²) in [6.07, 6.45) is -1.74. The van der Waals surface area contributed by atoms with Crippen LogP contribution in [-0.2, 0) is 11.3 Å². The SMILES string of the molecule is Nc1nc(N)c2c(ncn2C[C@H]2OC[C@@H](NC(=O)c3cscn3)[C@H](O)[C@@H]2O)n1. The number of nitrogen functional groups attached to an aromatic ring is 2. The molecule has 0 radical (unpaired) electrons. The fourth-order valence-electron chi connectivity index (χ4n) is 3.09. The zero-order valence-corrected chi connectivity index (χ0v) is 15.3. The van der Waals surface area contributed by atoms with Crippen LogP contribution in [0.3, 0.4) is 0 Å². The molecule has 1 amide bonds. The molecule has 4 atom stereocenters. The van der Waals surface area contributed by atoms with Crippen molar-refractivity contribution in [3.05, 3.63) is 22.9 Å². The van der Waals surface area contributed by atoms with Gasteiger partial charge in [-0.3, -0.25) is 4.79 Å². The summed E-state index contributed by atoms with van der Waals surface area (Å²) in [7, 11) is 0. The molecule has 1 aliphatic heterocycles. The van der Waals surface area contributed by atoms with Crippen LogP contribution in [0.15, 0.2) is 17.2 Å². The average molecular weight is 406 g/mol. The zero-order chi connectivity index (χ0) is 19.8. The first-order chi connectivity index (χ1) is 13.4. The first kappa shape index (κ1) is 18.5. The molecule has 0 aliphatic carbocycles. The molecule has 13 heteroatoms. The third-order valence-electron chi connectivity index (χ3n) is 4.51. The van der Waals surface area contributed by atoms with Crippen LogP contribution < -0.4 is 16.8 Å². The number of aliphatic hydroxyl groups is 2. The van der Waals surface area contributed by atoms with Crippen LogP contribution in [0.5, 0.6) is 0 Å². The predicted octanol–water partition coefficient (Wildman–Crippen LogP) is -1.63. The molecule has 0 spiro atoms. The van der Waals surface area contributed by atoms with Gasteiger partial charge in [0.25, 0.3) is 5.91 Å². The molecule has 12 nitrogen and oxygen atoms in total. The molecule has 1 aliphatic rings. The van der Waals surface area contributed by atoms with E-state index in [1.165, 1.54) is 23.2 Å². The van der Waals surface area contributed by atoms with Gasteiger partial charge in [-0.25, -0.2) is 9.97 Å². The van der Waals surface area contributed by atoms with Crippen LogP contribution in [0.25, 0.3) is 11.2 Å². The Bertz CT molecular complexity index is 994. The Labute approximate surface area is 162 Å². The van der Waals surface area contributed by atoms with Gasteiger partial charge in [0.15, 0.2) is 11.5 Å². The Morgan fingerprint density at radius 3 is 2.89 bits per heavy atom. The van der Waals surface area contributed by atoms with Crippen molar-refractivity contribution in [1.29, 1.82) is 0 Å². The Morgan fingerprint density at radius 2 is 2.14 bits per heavy atom. The highest BCUT2D eigenvalue weighted by molar-refractivity contribution is 7.07. The van der Waals surface area contributed by atoms with Gasteiger partial charge >= 0.3 is 0 Å². The van der Waals surface area contributed by atoms with Gasteiger partial charge in [0.1, 0.15) is 29.5 Å². The summed E-state index contributed by atoms with van der Waals surface area (Å²) >= 11 is 1.28. The van der Waals surface area contributed by atoms with E-state index in [0.717, 1.165) is 0 Å². The van der Waals surface area contributed by atoms with Crippen molar-refractivity contribution in [2.24, 2.45) is 0 Å². The Kier molecular flexibility index (Phi) is 4.80. The number of hydrogen-bond donors (Lipinski definition) is 5. The summed E-state index contributed by atoms with van der Waals surface area (Å²) in [5, 5.41) is 25.1.